The molecule has 0 radical (unpaired) electrons. The fourth-order valence-corrected chi connectivity index (χ4v) is 2.63. The number of terminal acetylenes is 1. The quantitative estimate of drug-likeness (QED) is 0.562. The number of amides is 1. The molecule has 3 atom stereocenters. The van der Waals surface area contributed by atoms with Crippen LogP contribution in [0.2, 0.25) is 0 Å². The Morgan fingerprint density at radius 1 is 1.16 bits per heavy atom. The predicted octanol–water partition coefficient (Wildman–Crippen LogP) is 0.868. The van der Waals surface area contributed by atoms with Crippen LogP contribution < -0.4 is 0 Å². The van der Waals surface area contributed by atoms with Crippen molar-refractivity contribution < 1.29 is 28.6 Å². The van der Waals surface area contributed by atoms with Gasteiger partial charge in [0.15, 0.2) is 12.3 Å². The average Bonchev–Trinajstić information content (AvgIpc) is 2.78. The van der Waals surface area contributed by atoms with E-state index in [0.717, 1.165) is 5.56 Å². The molecule has 1 aliphatic rings. The number of nitrogens with zero attached hydrogens (tertiary/aromatic N) is 1. The number of ether oxygens (including phenoxy) is 3. The summed E-state index contributed by atoms with van der Waals surface area (Å²) in [7, 11) is 0. The number of hydrogen-bond donors (Lipinski definition) is 0. The fourth-order valence-electron chi connectivity index (χ4n) is 2.63. The molecule has 1 aromatic carbocycles. The van der Waals surface area contributed by atoms with Crippen molar-refractivity contribution in [2.45, 2.75) is 38.8 Å². The van der Waals surface area contributed by atoms with Crippen LogP contribution in [0.4, 0.5) is 0 Å². The van der Waals surface area contributed by atoms with Gasteiger partial charge in [-0.1, -0.05) is 36.3 Å². The van der Waals surface area contributed by atoms with Crippen molar-refractivity contribution in [1.82, 2.24) is 4.90 Å². The van der Waals surface area contributed by atoms with Crippen LogP contribution in [-0.2, 0) is 35.1 Å². The third kappa shape index (κ3) is 4.58. The molecule has 0 aliphatic carbocycles. The third-order valence-electron chi connectivity index (χ3n) is 3.54. The normalized spacial score (nSPS) is 22.4. The molecule has 0 N–H and O–H groups in total. The Hall–Kier alpha value is -2.85. The van der Waals surface area contributed by atoms with Gasteiger partial charge in [0, 0.05) is 20.4 Å². The summed E-state index contributed by atoms with van der Waals surface area (Å²) in [4.78, 5) is 36.9. The summed E-state index contributed by atoms with van der Waals surface area (Å²) in [5.74, 6) is 0.529. The van der Waals surface area contributed by atoms with Crippen LogP contribution in [0.1, 0.15) is 19.4 Å². The smallest absolute Gasteiger partial charge is 0.303 e. The zero-order valence-corrected chi connectivity index (χ0v) is 14.0. The number of carbonyl (C=O) groups is 3. The zero-order valence-electron chi connectivity index (χ0n) is 14.0. The van der Waals surface area contributed by atoms with Crippen molar-refractivity contribution >= 4 is 17.8 Å². The van der Waals surface area contributed by atoms with Gasteiger partial charge in [-0.2, -0.15) is 0 Å². The van der Waals surface area contributed by atoms with E-state index in [1.54, 1.807) is 0 Å². The number of esters is 2. The minimum absolute atomic E-state index is 0.0895. The van der Waals surface area contributed by atoms with E-state index in [2.05, 4.69) is 5.92 Å². The van der Waals surface area contributed by atoms with Crippen LogP contribution in [-0.4, -0.2) is 47.8 Å². The van der Waals surface area contributed by atoms with Crippen molar-refractivity contribution in [1.29, 1.82) is 0 Å². The summed E-state index contributed by atoms with van der Waals surface area (Å²) in [5, 5.41) is 0. The molecule has 1 amide bonds. The third-order valence-corrected chi connectivity index (χ3v) is 3.54. The summed E-state index contributed by atoms with van der Waals surface area (Å²) in [6.07, 6.45) is 1.92. The van der Waals surface area contributed by atoms with Crippen LogP contribution >= 0.6 is 0 Å². The maximum atomic E-state index is 12.7. The number of likely N-dealkylation sites (tertiary alicyclic amines) is 1. The summed E-state index contributed by atoms with van der Waals surface area (Å²) in [6.45, 7) is 2.49. The average molecular weight is 345 g/mol. The molecular weight excluding hydrogens is 326 g/mol. The molecular formula is C18H19NO6. The first kappa shape index (κ1) is 18.5. The molecule has 25 heavy (non-hydrogen) atoms. The lowest BCUT2D eigenvalue weighted by Gasteiger charge is -2.26. The highest BCUT2D eigenvalue weighted by Crippen LogP contribution is 2.28. The van der Waals surface area contributed by atoms with Gasteiger partial charge in [0.05, 0.1) is 0 Å². The first-order valence-corrected chi connectivity index (χ1v) is 7.68. The van der Waals surface area contributed by atoms with Gasteiger partial charge in [-0.05, 0) is 5.56 Å². The molecule has 0 spiro atoms. The van der Waals surface area contributed by atoms with Crippen molar-refractivity contribution in [2.75, 3.05) is 6.61 Å². The number of rotatable bonds is 6. The Morgan fingerprint density at radius 2 is 1.80 bits per heavy atom. The number of carbonyl (C=O) groups excluding carboxylic acids is 3. The van der Waals surface area contributed by atoms with Crippen LogP contribution in [0.25, 0.3) is 0 Å². The lowest BCUT2D eigenvalue weighted by molar-refractivity contribution is -0.172. The highest BCUT2D eigenvalue weighted by molar-refractivity contribution is 5.87. The molecule has 1 unspecified atom stereocenters. The van der Waals surface area contributed by atoms with Crippen molar-refractivity contribution in [2.24, 2.45) is 0 Å². The standard InChI is InChI=1S/C18H19NO6/c1-4-10-23-18-16(25-13(3)21)15(24-12(2)20)17(22)19(18)11-14-8-6-5-7-9-14/h1,5-9,15-16,18H,10-11H2,2-3H3/t15-,16+,18?/m0/s1. The first-order valence-electron chi connectivity index (χ1n) is 7.68. The van der Waals surface area contributed by atoms with E-state index in [1.807, 2.05) is 30.3 Å². The SMILES string of the molecule is C#CCOC1[C@H](OC(C)=O)[C@H](OC(C)=O)C(=O)N1Cc1ccccc1. The minimum atomic E-state index is -1.27. The van der Waals surface area contributed by atoms with Crippen LogP contribution in [0.3, 0.4) is 0 Å². The number of hydrogen-bond acceptors (Lipinski definition) is 6. The molecule has 1 fully saturated rings. The van der Waals surface area contributed by atoms with Gasteiger partial charge in [0.2, 0.25) is 6.10 Å². The van der Waals surface area contributed by atoms with Gasteiger partial charge in [0.1, 0.15) is 6.61 Å². The fraction of sp³-hybridized carbons (Fsp3) is 0.389. The van der Waals surface area contributed by atoms with Crippen LogP contribution in [0.15, 0.2) is 30.3 Å². The van der Waals surface area contributed by atoms with E-state index in [4.69, 9.17) is 20.6 Å². The molecule has 7 heteroatoms. The Kier molecular flexibility index (Phi) is 6.14. The van der Waals surface area contributed by atoms with Gasteiger partial charge in [-0.15, -0.1) is 6.42 Å². The van der Waals surface area contributed by atoms with E-state index in [0.29, 0.717) is 0 Å². The van der Waals surface area contributed by atoms with E-state index >= 15 is 0 Å². The minimum Gasteiger partial charge on any atom is -0.453 e. The van der Waals surface area contributed by atoms with E-state index in [-0.39, 0.29) is 13.2 Å². The Balaban J connectivity index is 2.32. The van der Waals surface area contributed by atoms with E-state index in [1.165, 1.54) is 18.7 Å². The molecule has 1 heterocycles. The second-order valence-electron chi connectivity index (χ2n) is 5.46. The highest BCUT2D eigenvalue weighted by atomic mass is 16.6. The van der Waals surface area contributed by atoms with Crippen molar-refractivity contribution in [3.63, 3.8) is 0 Å². The van der Waals surface area contributed by atoms with Gasteiger partial charge in [0.25, 0.3) is 5.91 Å². The second kappa shape index (κ2) is 8.31. The summed E-state index contributed by atoms with van der Waals surface area (Å²) >= 11 is 0. The molecule has 0 bridgehead atoms. The molecule has 0 saturated carbocycles. The highest BCUT2D eigenvalue weighted by Gasteiger charge is 2.53. The van der Waals surface area contributed by atoms with Crippen molar-refractivity contribution in [3.05, 3.63) is 35.9 Å². The van der Waals surface area contributed by atoms with Gasteiger partial charge in [-0.25, -0.2) is 0 Å². The molecule has 7 nitrogen and oxygen atoms in total. The lowest BCUT2D eigenvalue weighted by atomic mass is 10.2. The van der Waals surface area contributed by atoms with Gasteiger partial charge < -0.3 is 19.1 Å². The van der Waals surface area contributed by atoms with E-state index in [9.17, 15) is 14.4 Å². The lowest BCUT2D eigenvalue weighted by Crippen LogP contribution is -2.41. The number of benzene rings is 1. The monoisotopic (exact) mass is 345 g/mol. The maximum absolute atomic E-state index is 12.7. The van der Waals surface area contributed by atoms with E-state index < -0.39 is 36.3 Å². The largest absolute Gasteiger partial charge is 0.453 e. The Bertz CT molecular complexity index is 681. The molecule has 1 aliphatic heterocycles. The zero-order chi connectivity index (χ0) is 18.4. The second-order valence-corrected chi connectivity index (χ2v) is 5.46. The maximum Gasteiger partial charge on any atom is 0.303 e. The topological polar surface area (TPSA) is 82.1 Å². The van der Waals surface area contributed by atoms with Crippen LogP contribution in [0.5, 0.6) is 0 Å². The van der Waals surface area contributed by atoms with Gasteiger partial charge >= 0.3 is 11.9 Å². The molecule has 1 saturated heterocycles. The summed E-state index contributed by atoms with van der Waals surface area (Å²) in [5.41, 5.74) is 0.843. The predicted molar refractivity (Wildman–Crippen MR) is 86.7 cm³/mol. The first-order chi connectivity index (χ1) is 11.9. The van der Waals surface area contributed by atoms with Gasteiger partial charge in [-0.3, -0.25) is 14.4 Å². The van der Waals surface area contributed by atoms with Crippen molar-refractivity contribution in [3.8, 4) is 12.3 Å². The van der Waals surface area contributed by atoms with Crippen LogP contribution in [0, 0.1) is 12.3 Å². The summed E-state index contributed by atoms with van der Waals surface area (Å²) < 4.78 is 15.8. The molecule has 132 valence electrons. The Morgan fingerprint density at radius 3 is 2.36 bits per heavy atom. The molecule has 0 aromatic heterocycles. The Labute approximate surface area is 145 Å². The molecule has 2 rings (SSSR count). The summed E-state index contributed by atoms with van der Waals surface area (Å²) in [6, 6.07) is 9.20. The molecule has 1 aromatic rings.